The lowest BCUT2D eigenvalue weighted by Crippen LogP contribution is -2.15. The zero-order valence-electron chi connectivity index (χ0n) is 17.3. The molecule has 2 aromatic carbocycles. The Balaban J connectivity index is 1.93. The van der Waals surface area contributed by atoms with Crippen LogP contribution in [0.2, 0.25) is 0 Å². The summed E-state index contributed by atoms with van der Waals surface area (Å²) in [7, 11) is 3.15. The fraction of sp³-hybridized carbons (Fsp3) is 0.217. The quantitative estimate of drug-likeness (QED) is 0.396. The highest BCUT2D eigenvalue weighted by molar-refractivity contribution is 7.16. The molecule has 6 nitrogen and oxygen atoms in total. The van der Waals surface area contributed by atoms with Gasteiger partial charge in [0.1, 0.15) is 5.75 Å². The van der Waals surface area contributed by atoms with Crippen LogP contribution in [0.25, 0.3) is 16.3 Å². The minimum absolute atomic E-state index is 0.348. The molecule has 0 unspecified atom stereocenters. The van der Waals surface area contributed by atoms with E-state index in [-0.39, 0.29) is 5.91 Å². The van der Waals surface area contributed by atoms with Crippen molar-refractivity contribution in [3.63, 3.8) is 0 Å². The van der Waals surface area contributed by atoms with Gasteiger partial charge >= 0.3 is 0 Å². The molecule has 3 rings (SSSR count). The third-order valence-corrected chi connectivity index (χ3v) is 5.35. The van der Waals surface area contributed by atoms with Crippen molar-refractivity contribution < 1.29 is 19.0 Å². The van der Waals surface area contributed by atoms with E-state index in [9.17, 15) is 4.79 Å². The molecule has 1 heterocycles. The van der Waals surface area contributed by atoms with Gasteiger partial charge in [-0.05, 0) is 48.9 Å². The van der Waals surface area contributed by atoms with Gasteiger partial charge in [0.15, 0.2) is 16.3 Å². The van der Waals surface area contributed by atoms with Crippen LogP contribution >= 0.6 is 11.3 Å². The third-order valence-electron chi connectivity index (χ3n) is 4.31. The largest absolute Gasteiger partial charge is 0.494 e. The van der Waals surface area contributed by atoms with Crippen molar-refractivity contribution in [3.05, 3.63) is 65.5 Å². The van der Waals surface area contributed by atoms with E-state index in [1.165, 1.54) is 17.4 Å². The second-order valence-electron chi connectivity index (χ2n) is 6.24. The molecular weight excluding hydrogens is 400 g/mol. The van der Waals surface area contributed by atoms with E-state index in [4.69, 9.17) is 14.2 Å². The van der Waals surface area contributed by atoms with Crippen LogP contribution in [-0.4, -0.2) is 31.3 Å². The summed E-state index contributed by atoms with van der Waals surface area (Å²) in [4.78, 5) is 17.4. The zero-order chi connectivity index (χ0) is 21.5. The van der Waals surface area contributed by atoms with E-state index >= 15 is 0 Å². The maximum atomic E-state index is 12.5. The summed E-state index contributed by atoms with van der Waals surface area (Å²) in [6.45, 7) is 6.91. The topological polar surface area (TPSA) is 62.1 Å². The predicted molar refractivity (Wildman–Crippen MR) is 120 cm³/mol. The summed E-state index contributed by atoms with van der Waals surface area (Å²) < 4.78 is 19.1. The number of aromatic nitrogens is 1. The smallest absolute Gasteiger partial charge is 0.272 e. The summed E-state index contributed by atoms with van der Waals surface area (Å²) >= 11 is 1.44. The molecule has 0 fully saturated rings. The van der Waals surface area contributed by atoms with Crippen LogP contribution in [0.4, 0.5) is 0 Å². The number of carbonyl (C=O) groups is 1. The summed E-state index contributed by atoms with van der Waals surface area (Å²) in [5.41, 5.74) is 1.80. The highest BCUT2D eigenvalue weighted by Gasteiger charge is 2.08. The number of ether oxygens (including phenoxy) is 3. The van der Waals surface area contributed by atoms with Crippen molar-refractivity contribution in [2.45, 2.75) is 13.5 Å². The van der Waals surface area contributed by atoms with Crippen molar-refractivity contribution in [2.24, 2.45) is 4.99 Å². The summed E-state index contributed by atoms with van der Waals surface area (Å²) in [5.74, 6) is 1.68. The molecule has 0 atom stereocenters. The molecule has 0 bridgehead atoms. The predicted octanol–water partition coefficient (Wildman–Crippen LogP) is 4.45. The number of benzene rings is 2. The van der Waals surface area contributed by atoms with Crippen molar-refractivity contribution >= 4 is 33.5 Å². The van der Waals surface area contributed by atoms with Gasteiger partial charge in [0, 0.05) is 12.6 Å². The number of fused-ring (bicyclic) bond motifs is 1. The molecule has 30 heavy (non-hydrogen) atoms. The molecule has 0 radical (unpaired) electrons. The maximum Gasteiger partial charge on any atom is 0.272 e. The fourth-order valence-corrected chi connectivity index (χ4v) is 4.03. The first kappa shape index (κ1) is 21.4. The second-order valence-corrected chi connectivity index (χ2v) is 7.25. The number of hydrogen-bond acceptors (Lipinski definition) is 5. The molecule has 0 aliphatic carbocycles. The van der Waals surface area contributed by atoms with Crippen LogP contribution in [0.15, 0.2) is 60.1 Å². The normalized spacial score (nSPS) is 11.8. The van der Waals surface area contributed by atoms with E-state index in [1.54, 1.807) is 38.5 Å². The average molecular weight is 425 g/mol. The van der Waals surface area contributed by atoms with Gasteiger partial charge in [-0.1, -0.05) is 23.5 Å². The molecule has 0 saturated heterocycles. The molecule has 1 aromatic heterocycles. The number of nitrogens with zero attached hydrogens (tertiary/aromatic N) is 2. The monoisotopic (exact) mass is 424 g/mol. The van der Waals surface area contributed by atoms with Gasteiger partial charge in [-0.3, -0.25) is 4.79 Å². The Labute approximate surface area is 179 Å². The highest BCUT2D eigenvalue weighted by atomic mass is 32.1. The second kappa shape index (κ2) is 9.93. The Hall–Kier alpha value is -3.32. The third kappa shape index (κ3) is 4.80. The van der Waals surface area contributed by atoms with Crippen LogP contribution in [0.3, 0.4) is 0 Å². The number of hydrogen-bond donors (Lipinski definition) is 0. The average Bonchev–Trinajstić information content (AvgIpc) is 3.08. The number of rotatable bonds is 8. The van der Waals surface area contributed by atoms with Crippen molar-refractivity contribution in [2.75, 3.05) is 20.8 Å². The molecule has 156 valence electrons. The lowest BCUT2D eigenvalue weighted by Gasteiger charge is -2.07. The molecule has 0 aliphatic rings. The summed E-state index contributed by atoms with van der Waals surface area (Å²) in [6, 6.07) is 11.3. The Morgan fingerprint density at radius 3 is 2.67 bits per heavy atom. The maximum absolute atomic E-state index is 12.5. The van der Waals surface area contributed by atoms with Crippen LogP contribution in [-0.2, 0) is 11.3 Å². The standard InChI is InChI=1S/C23H24N2O4S/c1-5-13-25-18-10-9-17(29-6-2)15-21(18)30-23(25)24-22(26)12-8-16-7-11-19(27-3)20(14-16)28-4/h5,7-12,14-15H,1,6,13H2,2-4H3. The summed E-state index contributed by atoms with van der Waals surface area (Å²) in [6.07, 6.45) is 4.92. The number of amides is 1. The van der Waals surface area contributed by atoms with Crippen LogP contribution in [0, 0.1) is 0 Å². The lowest BCUT2D eigenvalue weighted by molar-refractivity contribution is -0.113. The van der Waals surface area contributed by atoms with Gasteiger partial charge in [-0.15, -0.1) is 6.58 Å². The van der Waals surface area contributed by atoms with Crippen molar-refractivity contribution in [3.8, 4) is 17.2 Å². The number of thiazole rings is 1. The van der Waals surface area contributed by atoms with Crippen molar-refractivity contribution in [1.82, 2.24) is 4.57 Å². The fourth-order valence-electron chi connectivity index (χ4n) is 2.96. The zero-order valence-corrected chi connectivity index (χ0v) is 18.1. The first-order valence-corrected chi connectivity index (χ1v) is 10.3. The van der Waals surface area contributed by atoms with Gasteiger partial charge in [-0.25, -0.2) is 0 Å². The Morgan fingerprint density at radius 1 is 1.17 bits per heavy atom. The number of methoxy groups -OCH3 is 2. The molecule has 3 aromatic rings. The van der Waals surface area contributed by atoms with Gasteiger partial charge in [0.2, 0.25) is 0 Å². The minimum Gasteiger partial charge on any atom is -0.494 e. The SMILES string of the molecule is C=CCn1c(=NC(=O)C=Cc2ccc(OC)c(OC)c2)sc2cc(OCC)ccc21. The first-order chi connectivity index (χ1) is 14.6. The summed E-state index contributed by atoms with van der Waals surface area (Å²) in [5, 5.41) is 0. The Morgan fingerprint density at radius 2 is 1.97 bits per heavy atom. The van der Waals surface area contributed by atoms with E-state index in [0.29, 0.717) is 29.5 Å². The van der Waals surface area contributed by atoms with Gasteiger partial charge in [0.05, 0.1) is 31.0 Å². The van der Waals surface area contributed by atoms with Crippen molar-refractivity contribution in [1.29, 1.82) is 0 Å². The van der Waals surface area contributed by atoms with E-state index < -0.39 is 0 Å². The molecule has 0 spiro atoms. The molecule has 0 saturated carbocycles. The number of allylic oxidation sites excluding steroid dienone is 1. The molecule has 7 heteroatoms. The van der Waals surface area contributed by atoms with E-state index in [1.807, 2.05) is 35.8 Å². The molecule has 0 aliphatic heterocycles. The Kier molecular flexibility index (Phi) is 7.08. The first-order valence-electron chi connectivity index (χ1n) is 9.45. The van der Waals surface area contributed by atoms with E-state index in [2.05, 4.69) is 11.6 Å². The van der Waals surface area contributed by atoms with Crippen LogP contribution in [0.1, 0.15) is 12.5 Å². The highest BCUT2D eigenvalue weighted by Crippen LogP contribution is 2.28. The van der Waals surface area contributed by atoms with E-state index in [0.717, 1.165) is 21.5 Å². The van der Waals surface area contributed by atoms with Crippen LogP contribution in [0.5, 0.6) is 17.2 Å². The van der Waals surface area contributed by atoms with Gasteiger partial charge in [0.25, 0.3) is 5.91 Å². The lowest BCUT2D eigenvalue weighted by atomic mass is 10.2. The van der Waals surface area contributed by atoms with Gasteiger partial charge in [-0.2, -0.15) is 4.99 Å². The van der Waals surface area contributed by atoms with Gasteiger partial charge < -0.3 is 18.8 Å². The Bertz CT molecular complexity index is 1160. The minimum atomic E-state index is -0.348. The molecular formula is C23H24N2O4S. The molecule has 1 amide bonds. The molecule has 0 N–H and O–H groups in total. The van der Waals surface area contributed by atoms with Crippen LogP contribution < -0.4 is 19.0 Å². The number of carbonyl (C=O) groups excluding carboxylic acids is 1.